The Kier molecular flexibility index (Phi) is 6.53. The van der Waals surface area contributed by atoms with E-state index in [0.29, 0.717) is 47.3 Å². The Labute approximate surface area is 242 Å². The third-order valence-electron chi connectivity index (χ3n) is 7.43. The van der Waals surface area contributed by atoms with E-state index >= 15 is 0 Å². The molecule has 0 unspecified atom stereocenters. The third kappa shape index (κ3) is 5.15. The molecule has 0 spiro atoms. The maximum atomic E-state index is 13.9. The second-order valence-corrected chi connectivity index (χ2v) is 12.4. The summed E-state index contributed by atoms with van der Waals surface area (Å²) < 4.78 is 6.29. The fraction of sp³-hybridized carbons (Fsp3) is 0.333. The molecule has 0 saturated carbocycles. The Hall–Kier alpha value is -4.31. The van der Waals surface area contributed by atoms with Crippen molar-refractivity contribution in [3.8, 4) is 22.8 Å². The number of carbonyl (C=O) groups is 1. The molecule has 5 heterocycles. The molecule has 5 aromatic rings. The molecule has 0 atom stereocenters. The number of nitrogens with one attached hydrogen (secondary N) is 1. The standard InChI is InChI=1S/C30H31ClN8O2/c1-29(2,3)20-15-22(18-9-11-19(31)12-10-18)32-23-16-24(41-26(20)23)28(40)39-14-13-38(17-30(39,4)5)25-8-6-7-21(33-25)27-34-36-37-35-27/h6-12,15-16H,13-14,17H2,1-5H3,(H,34,35,36,37). The third-order valence-corrected chi connectivity index (χ3v) is 7.68. The monoisotopic (exact) mass is 570 g/mol. The van der Waals surface area contributed by atoms with Gasteiger partial charge in [0.1, 0.15) is 17.0 Å². The second kappa shape index (κ2) is 9.95. The number of furan rings is 1. The van der Waals surface area contributed by atoms with Crippen LogP contribution in [-0.2, 0) is 5.41 Å². The molecular weight excluding hydrogens is 540 g/mol. The van der Waals surface area contributed by atoms with Gasteiger partial charge in [0.2, 0.25) is 0 Å². The largest absolute Gasteiger partial charge is 0.449 e. The van der Waals surface area contributed by atoms with E-state index < -0.39 is 5.54 Å². The molecule has 11 heteroatoms. The van der Waals surface area contributed by atoms with Gasteiger partial charge in [-0.2, -0.15) is 0 Å². The summed E-state index contributed by atoms with van der Waals surface area (Å²) in [7, 11) is 0. The number of halogens is 1. The van der Waals surface area contributed by atoms with E-state index in [-0.39, 0.29) is 17.1 Å². The highest BCUT2D eigenvalue weighted by molar-refractivity contribution is 6.30. The molecule has 0 radical (unpaired) electrons. The molecule has 1 saturated heterocycles. The number of rotatable bonds is 4. The predicted octanol–water partition coefficient (Wildman–Crippen LogP) is 5.76. The number of amides is 1. The van der Waals surface area contributed by atoms with E-state index in [1.54, 1.807) is 6.07 Å². The van der Waals surface area contributed by atoms with E-state index in [0.717, 1.165) is 22.6 Å². The summed E-state index contributed by atoms with van der Waals surface area (Å²) in [6.07, 6.45) is 0. The molecule has 1 aliphatic heterocycles. The molecule has 1 aliphatic rings. The number of benzene rings is 1. The quantitative estimate of drug-likeness (QED) is 0.290. The van der Waals surface area contributed by atoms with Gasteiger partial charge in [-0.25, -0.2) is 15.1 Å². The zero-order valence-corrected chi connectivity index (χ0v) is 24.4. The molecule has 1 aromatic carbocycles. The molecule has 4 aromatic heterocycles. The number of hydrogen-bond acceptors (Lipinski definition) is 8. The van der Waals surface area contributed by atoms with Gasteiger partial charge in [-0.1, -0.05) is 50.6 Å². The number of hydrogen-bond donors (Lipinski definition) is 1. The Morgan fingerprint density at radius 2 is 1.80 bits per heavy atom. The lowest BCUT2D eigenvalue weighted by Crippen LogP contribution is -2.61. The van der Waals surface area contributed by atoms with Gasteiger partial charge in [0, 0.05) is 41.9 Å². The van der Waals surface area contributed by atoms with Crippen LogP contribution in [0.25, 0.3) is 33.9 Å². The van der Waals surface area contributed by atoms with Crippen molar-refractivity contribution in [2.24, 2.45) is 0 Å². The zero-order valence-electron chi connectivity index (χ0n) is 23.6. The zero-order chi connectivity index (χ0) is 28.9. The minimum atomic E-state index is -0.492. The molecule has 210 valence electrons. The van der Waals surface area contributed by atoms with Crippen molar-refractivity contribution in [3.63, 3.8) is 0 Å². The van der Waals surface area contributed by atoms with E-state index in [1.807, 2.05) is 53.4 Å². The minimum absolute atomic E-state index is 0.157. The van der Waals surface area contributed by atoms with Crippen molar-refractivity contribution in [2.45, 2.75) is 45.6 Å². The Morgan fingerprint density at radius 1 is 1.02 bits per heavy atom. The van der Waals surface area contributed by atoms with Gasteiger partial charge in [-0.15, -0.1) is 5.10 Å². The fourth-order valence-corrected chi connectivity index (χ4v) is 5.44. The van der Waals surface area contributed by atoms with Crippen molar-refractivity contribution >= 4 is 34.4 Å². The van der Waals surface area contributed by atoms with Gasteiger partial charge in [0.05, 0.1) is 11.2 Å². The number of piperazine rings is 1. The Morgan fingerprint density at radius 3 is 2.49 bits per heavy atom. The molecule has 6 rings (SSSR count). The van der Waals surface area contributed by atoms with Gasteiger partial charge in [-0.05, 0) is 60.0 Å². The van der Waals surface area contributed by atoms with Gasteiger partial charge in [-0.3, -0.25) is 4.79 Å². The Bertz CT molecular complexity index is 1720. The molecular formula is C30H31ClN8O2. The van der Waals surface area contributed by atoms with E-state index in [1.165, 1.54) is 0 Å². The number of fused-ring (bicyclic) bond motifs is 1. The number of tetrazole rings is 1. The molecule has 0 bridgehead atoms. The number of anilines is 1. The maximum Gasteiger partial charge on any atom is 0.290 e. The SMILES string of the molecule is CC(C)(C)c1cc(-c2ccc(Cl)cc2)nc2cc(C(=O)N3CCN(c4cccc(-c5nnn[nH]5)n4)CC3(C)C)oc12. The maximum absolute atomic E-state index is 13.9. The topological polar surface area (TPSA) is 117 Å². The predicted molar refractivity (Wildman–Crippen MR) is 158 cm³/mol. The van der Waals surface area contributed by atoms with Crippen LogP contribution in [0, 0.1) is 0 Å². The van der Waals surface area contributed by atoms with Crippen LogP contribution in [0.4, 0.5) is 5.82 Å². The smallest absolute Gasteiger partial charge is 0.290 e. The first-order chi connectivity index (χ1) is 19.5. The first-order valence-corrected chi connectivity index (χ1v) is 13.9. The van der Waals surface area contributed by atoms with Crippen LogP contribution in [0.2, 0.25) is 5.02 Å². The molecule has 41 heavy (non-hydrogen) atoms. The van der Waals surface area contributed by atoms with E-state index in [9.17, 15) is 4.79 Å². The van der Waals surface area contributed by atoms with Gasteiger partial charge in [0.25, 0.3) is 5.91 Å². The van der Waals surface area contributed by atoms with Crippen molar-refractivity contribution in [1.29, 1.82) is 0 Å². The molecule has 0 aliphatic carbocycles. The average molecular weight is 571 g/mol. The van der Waals surface area contributed by atoms with Crippen molar-refractivity contribution < 1.29 is 9.21 Å². The molecule has 1 N–H and O–H groups in total. The minimum Gasteiger partial charge on any atom is -0.449 e. The highest BCUT2D eigenvalue weighted by atomic mass is 35.5. The van der Waals surface area contributed by atoms with Crippen LogP contribution >= 0.6 is 11.6 Å². The summed E-state index contributed by atoms with van der Waals surface area (Å²) in [6, 6.07) is 17.2. The summed E-state index contributed by atoms with van der Waals surface area (Å²) >= 11 is 6.11. The lowest BCUT2D eigenvalue weighted by atomic mass is 9.86. The van der Waals surface area contributed by atoms with Gasteiger partial charge in [0.15, 0.2) is 17.2 Å². The average Bonchev–Trinajstić information content (AvgIpc) is 3.62. The highest BCUT2D eigenvalue weighted by Gasteiger charge is 2.39. The second-order valence-electron chi connectivity index (χ2n) is 12.0. The normalized spacial score (nSPS) is 15.5. The summed E-state index contributed by atoms with van der Waals surface area (Å²) in [5.41, 5.74) is 3.98. The number of pyridine rings is 2. The number of nitrogens with zero attached hydrogens (tertiary/aromatic N) is 7. The van der Waals surface area contributed by atoms with E-state index in [4.69, 9.17) is 26.0 Å². The molecule has 10 nitrogen and oxygen atoms in total. The van der Waals surface area contributed by atoms with Crippen molar-refractivity contribution in [1.82, 2.24) is 35.5 Å². The summed E-state index contributed by atoms with van der Waals surface area (Å²) in [6.45, 7) is 12.2. The van der Waals surface area contributed by atoms with Crippen molar-refractivity contribution in [3.05, 3.63) is 70.9 Å². The van der Waals surface area contributed by atoms with E-state index in [2.05, 4.69) is 60.1 Å². The number of aromatic nitrogens is 6. The number of carbonyl (C=O) groups excluding carboxylic acids is 1. The molecule has 1 amide bonds. The first-order valence-electron chi connectivity index (χ1n) is 13.5. The van der Waals surface area contributed by atoms with Crippen LogP contribution in [-0.4, -0.2) is 66.6 Å². The fourth-order valence-electron chi connectivity index (χ4n) is 5.31. The van der Waals surface area contributed by atoms with Crippen LogP contribution in [0.3, 0.4) is 0 Å². The van der Waals surface area contributed by atoms with Crippen LogP contribution < -0.4 is 4.90 Å². The summed E-state index contributed by atoms with van der Waals surface area (Å²) in [4.78, 5) is 27.6. The van der Waals surface area contributed by atoms with Crippen LogP contribution in [0.1, 0.15) is 50.7 Å². The summed E-state index contributed by atoms with van der Waals surface area (Å²) in [5.74, 6) is 1.43. The number of aromatic amines is 1. The highest BCUT2D eigenvalue weighted by Crippen LogP contribution is 2.36. The molecule has 1 fully saturated rings. The van der Waals surface area contributed by atoms with Gasteiger partial charge < -0.3 is 14.2 Å². The van der Waals surface area contributed by atoms with Crippen molar-refractivity contribution in [2.75, 3.05) is 24.5 Å². The number of H-pyrrole nitrogens is 1. The Balaban J connectivity index is 1.29. The van der Waals surface area contributed by atoms with Crippen LogP contribution in [0.5, 0.6) is 0 Å². The van der Waals surface area contributed by atoms with Crippen LogP contribution in [0.15, 0.2) is 59.0 Å². The lowest BCUT2D eigenvalue weighted by molar-refractivity contribution is 0.0483. The lowest BCUT2D eigenvalue weighted by Gasteiger charge is -2.47. The van der Waals surface area contributed by atoms with Gasteiger partial charge >= 0.3 is 0 Å². The first kappa shape index (κ1) is 26.9. The summed E-state index contributed by atoms with van der Waals surface area (Å²) in [5, 5.41) is 14.7.